The number of carbonyl (C=O) groups is 2. The minimum atomic E-state index is -1.89. The molecular weight excluding hydrogens is 346 g/mol. The molecule has 8 heteroatoms. The molecule has 0 saturated carbocycles. The number of hydrogen-bond acceptors (Lipinski definition) is 4. The number of piperidine rings is 1. The van der Waals surface area contributed by atoms with Crippen molar-refractivity contribution in [1.29, 1.82) is 0 Å². The lowest BCUT2D eigenvalue weighted by Crippen LogP contribution is -2.60. The Labute approximate surface area is 150 Å². The molecular formula is C18H22F2N2O4. The maximum atomic E-state index is 13.3. The molecule has 26 heavy (non-hydrogen) atoms. The number of carbonyl (C=O) groups excluding carboxylic acids is 2. The Hall–Kier alpha value is -2.64. The lowest BCUT2D eigenvalue weighted by Gasteiger charge is -2.42. The summed E-state index contributed by atoms with van der Waals surface area (Å²) in [6, 6.07) is 9.14. The predicted octanol–water partition coefficient (Wildman–Crippen LogP) is 3.68. The Bertz CT molecular complexity index is 677. The van der Waals surface area contributed by atoms with E-state index in [1.54, 1.807) is 0 Å². The second-order valence-corrected chi connectivity index (χ2v) is 6.15. The number of hydrogen-bond donors (Lipinski definition) is 1. The molecule has 1 aromatic carbocycles. The normalized spacial score (nSPS) is 19.5. The third kappa shape index (κ3) is 4.71. The largest absolute Gasteiger partial charge is 0.453 e. The van der Waals surface area contributed by atoms with Crippen LogP contribution in [0.25, 0.3) is 0 Å². The molecule has 142 valence electrons. The van der Waals surface area contributed by atoms with Crippen LogP contribution in [0, 0.1) is 0 Å². The summed E-state index contributed by atoms with van der Waals surface area (Å²) in [5.74, 6) is 0. The van der Waals surface area contributed by atoms with Crippen molar-refractivity contribution in [1.82, 2.24) is 10.2 Å². The number of alkyl carbamates (subject to hydrolysis) is 1. The van der Waals surface area contributed by atoms with Crippen LogP contribution >= 0.6 is 0 Å². The molecule has 2 amide bonds. The fourth-order valence-electron chi connectivity index (χ4n) is 2.95. The van der Waals surface area contributed by atoms with Gasteiger partial charge in [0.2, 0.25) is 0 Å². The fraction of sp³-hybridized carbons (Fsp3) is 0.444. The van der Waals surface area contributed by atoms with E-state index in [1.807, 2.05) is 30.3 Å². The van der Waals surface area contributed by atoms with E-state index in [2.05, 4.69) is 10.1 Å². The van der Waals surface area contributed by atoms with E-state index in [-0.39, 0.29) is 25.1 Å². The smallest absolute Gasteiger partial charge is 0.410 e. The van der Waals surface area contributed by atoms with Gasteiger partial charge in [-0.1, -0.05) is 30.3 Å². The lowest BCUT2D eigenvalue weighted by atomic mass is 9.83. The Balaban J connectivity index is 2.11. The van der Waals surface area contributed by atoms with Crippen LogP contribution in [0.3, 0.4) is 0 Å². The van der Waals surface area contributed by atoms with Gasteiger partial charge in [0.1, 0.15) is 6.61 Å². The minimum Gasteiger partial charge on any atom is -0.453 e. The van der Waals surface area contributed by atoms with Gasteiger partial charge in [-0.05, 0) is 25.3 Å². The second kappa shape index (κ2) is 8.64. The summed E-state index contributed by atoms with van der Waals surface area (Å²) in [7, 11) is 1.16. The molecule has 0 radical (unpaired) electrons. The van der Waals surface area contributed by atoms with Crippen LogP contribution in [-0.4, -0.2) is 42.8 Å². The van der Waals surface area contributed by atoms with Gasteiger partial charge in [-0.3, -0.25) is 0 Å². The second-order valence-electron chi connectivity index (χ2n) is 6.15. The predicted molar refractivity (Wildman–Crippen MR) is 90.6 cm³/mol. The third-order valence-electron chi connectivity index (χ3n) is 4.48. The monoisotopic (exact) mass is 368 g/mol. The zero-order valence-electron chi connectivity index (χ0n) is 14.8. The highest BCUT2D eigenvalue weighted by molar-refractivity contribution is 5.71. The highest BCUT2D eigenvalue weighted by atomic mass is 19.3. The maximum Gasteiger partial charge on any atom is 0.410 e. The van der Waals surface area contributed by atoms with Crippen LogP contribution in [0.5, 0.6) is 0 Å². The fourth-order valence-corrected chi connectivity index (χ4v) is 2.95. The third-order valence-corrected chi connectivity index (χ3v) is 4.48. The zero-order chi connectivity index (χ0) is 19.2. The Morgan fingerprint density at radius 3 is 2.58 bits per heavy atom. The van der Waals surface area contributed by atoms with Crippen LogP contribution in [0.2, 0.25) is 0 Å². The van der Waals surface area contributed by atoms with Crippen molar-refractivity contribution in [3.63, 3.8) is 0 Å². The number of nitrogens with zero attached hydrogens (tertiary/aromatic N) is 1. The van der Waals surface area contributed by atoms with Crippen LogP contribution in [0.15, 0.2) is 42.0 Å². The zero-order valence-corrected chi connectivity index (χ0v) is 14.8. The molecule has 6 nitrogen and oxygen atoms in total. The van der Waals surface area contributed by atoms with Crippen molar-refractivity contribution in [3.05, 3.63) is 47.5 Å². The molecule has 1 atom stereocenters. The summed E-state index contributed by atoms with van der Waals surface area (Å²) in [5.41, 5.74) is -0.846. The quantitative estimate of drug-likeness (QED) is 0.880. The first-order valence-corrected chi connectivity index (χ1v) is 8.22. The van der Waals surface area contributed by atoms with Crippen molar-refractivity contribution >= 4 is 12.2 Å². The van der Waals surface area contributed by atoms with E-state index in [4.69, 9.17) is 4.74 Å². The highest BCUT2D eigenvalue weighted by Gasteiger charge is 2.42. The standard InChI is InChI=1S/C18H22F2N2O4/c1-13(15(19)20)18(21-16(23)25-2)9-6-10-22(12-18)17(24)26-11-14-7-4-3-5-8-14/h3-5,7-8H,6,9-12H2,1-2H3,(H,21,23). The Kier molecular flexibility index (Phi) is 6.54. The Morgan fingerprint density at radius 1 is 1.27 bits per heavy atom. The Morgan fingerprint density at radius 2 is 1.96 bits per heavy atom. The van der Waals surface area contributed by atoms with E-state index in [1.165, 1.54) is 11.8 Å². The van der Waals surface area contributed by atoms with Crippen LogP contribution in [0.4, 0.5) is 18.4 Å². The number of benzene rings is 1. The summed E-state index contributed by atoms with van der Waals surface area (Å²) in [5, 5.41) is 2.47. The molecule has 0 aliphatic carbocycles. The minimum absolute atomic E-state index is 0.0832. The maximum absolute atomic E-state index is 13.3. The molecule has 1 fully saturated rings. The van der Waals surface area contributed by atoms with E-state index >= 15 is 0 Å². The molecule has 1 heterocycles. The SMILES string of the molecule is COC(=O)NC1(C(C)=C(F)F)CCCN(C(=O)OCc2ccccc2)C1. The molecule has 1 unspecified atom stereocenters. The van der Waals surface area contributed by atoms with Crippen LogP contribution in [0.1, 0.15) is 25.3 Å². The summed E-state index contributed by atoms with van der Waals surface area (Å²) in [6.07, 6.45) is -2.62. The number of amides is 2. The average molecular weight is 368 g/mol. The van der Waals surface area contributed by atoms with Gasteiger partial charge < -0.3 is 19.7 Å². The summed E-state index contributed by atoms with van der Waals surface area (Å²) < 4.78 is 36.4. The van der Waals surface area contributed by atoms with Gasteiger partial charge in [0.05, 0.1) is 19.2 Å². The van der Waals surface area contributed by atoms with Crippen molar-refractivity contribution in [2.75, 3.05) is 20.2 Å². The number of halogens is 2. The average Bonchev–Trinajstić information content (AvgIpc) is 2.66. The van der Waals surface area contributed by atoms with E-state index < -0.39 is 23.8 Å². The highest BCUT2D eigenvalue weighted by Crippen LogP contribution is 2.32. The number of ether oxygens (including phenoxy) is 2. The van der Waals surface area contributed by atoms with Gasteiger partial charge in [-0.25, -0.2) is 9.59 Å². The lowest BCUT2D eigenvalue weighted by molar-refractivity contribution is 0.0692. The van der Waals surface area contributed by atoms with Gasteiger partial charge in [0.15, 0.2) is 0 Å². The first-order chi connectivity index (χ1) is 12.4. The number of methoxy groups -OCH3 is 1. The van der Waals surface area contributed by atoms with E-state index in [0.717, 1.165) is 12.7 Å². The topological polar surface area (TPSA) is 67.9 Å². The number of nitrogens with one attached hydrogen (secondary N) is 1. The van der Waals surface area contributed by atoms with Crippen molar-refractivity contribution in [3.8, 4) is 0 Å². The molecule has 0 aromatic heterocycles. The number of rotatable bonds is 4. The van der Waals surface area contributed by atoms with E-state index in [9.17, 15) is 18.4 Å². The molecule has 1 saturated heterocycles. The molecule has 1 aliphatic rings. The van der Waals surface area contributed by atoms with Gasteiger partial charge in [-0.2, -0.15) is 8.78 Å². The molecule has 0 bridgehead atoms. The van der Waals surface area contributed by atoms with Crippen molar-refractivity contribution in [2.24, 2.45) is 0 Å². The van der Waals surface area contributed by atoms with Crippen LogP contribution < -0.4 is 5.32 Å². The van der Waals surface area contributed by atoms with E-state index in [0.29, 0.717) is 13.0 Å². The van der Waals surface area contributed by atoms with Crippen molar-refractivity contribution < 1.29 is 27.8 Å². The summed E-state index contributed by atoms with van der Waals surface area (Å²) in [6.45, 7) is 1.57. The van der Waals surface area contributed by atoms with Crippen molar-refractivity contribution in [2.45, 2.75) is 31.9 Å². The van der Waals surface area contributed by atoms with Crippen LogP contribution in [-0.2, 0) is 16.1 Å². The summed E-state index contributed by atoms with van der Waals surface area (Å²) in [4.78, 5) is 25.4. The molecule has 0 spiro atoms. The number of likely N-dealkylation sites (tertiary alicyclic amines) is 1. The molecule has 1 aromatic rings. The molecule has 2 rings (SSSR count). The van der Waals surface area contributed by atoms with Gasteiger partial charge in [0, 0.05) is 12.1 Å². The summed E-state index contributed by atoms with van der Waals surface area (Å²) >= 11 is 0. The molecule has 1 aliphatic heterocycles. The first-order valence-electron chi connectivity index (χ1n) is 8.22. The van der Waals surface area contributed by atoms with Gasteiger partial charge in [-0.15, -0.1) is 0 Å². The first kappa shape index (κ1) is 19.7. The molecule has 1 N–H and O–H groups in total. The van der Waals surface area contributed by atoms with Gasteiger partial charge in [0.25, 0.3) is 6.08 Å². The van der Waals surface area contributed by atoms with Gasteiger partial charge >= 0.3 is 12.2 Å².